The van der Waals surface area contributed by atoms with Crippen LogP contribution in [0.4, 0.5) is 0 Å². The molecular weight excluding hydrogens is 409 g/mol. The van der Waals surface area contributed by atoms with Crippen LogP contribution in [-0.4, -0.2) is 29.9 Å². The van der Waals surface area contributed by atoms with Crippen LogP contribution in [0.5, 0.6) is 0 Å². The van der Waals surface area contributed by atoms with Gasteiger partial charge < -0.3 is 4.52 Å². The van der Waals surface area contributed by atoms with E-state index in [-0.39, 0.29) is 18.2 Å². The van der Waals surface area contributed by atoms with Gasteiger partial charge in [-0.1, -0.05) is 64.3 Å². The maximum Gasteiger partial charge on any atom is 0.242 e. The summed E-state index contributed by atoms with van der Waals surface area (Å²) in [7, 11) is -2.18. The molecule has 0 atom stereocenters. The van der Waals surface area contributed by atoms with Crippen molar-refractivity contribution < 1.29 is 12.9 Å². The summed E-state index contributed by atoms with van der Waals surface area (Å²) in [5, 5.41) is 4.67. The Morgan fingerprint density at radius 3 is 2.48 bits per heavy atom. The fraction of sp³-hybridized carbons (Fsp3) is 0.222. The van der Waals surface area contributed by atoms with Crippen LogP contribution in [0.3, 0.4) is 0 Å². The summed E-state index contributed by atoms with van der Waals surface area (Å²) in [4.78, 5) is 4.27. The van der Waals surface area contributed by atoms with Gasteiger partial charge in [0.15, 0.2) is 0 Å². The molecule has 0 aliphatic heterocycles. The number of hydrogen-bond acceptors (Lipinski definition) is 5. The average molecular weight is 426 g/mol. The molecule has 0 bridgehead atoms. The van der Waals surface area contributed by atoms with E-state index in [0.29, 0.717) is 21.4 Å². The summed E-state index contributed by atoms with van der Waals surface area (Å²) >= 11 is 11.9. The Bertz CT molecular complexity index is 1050. The molecule has 0 fully saturated rings. The molecule has 0 amide bonds. The summed E-state index contributed by atoms with van der Waals surface area (Å²) in [6.45, 7) is 1.95. The maximum atomic E-state index is 12.6. The van der Waals surface area contributed by atoms with Crippen LogP contribution in [0.15, 0.2) is 47.0 Å². The SMILES string of the molecule is Cc1ccc(-c2noc(CN(C)S(=O)(=O)Cc3ccc(Cl)cc3Cl)n2)cc1. The van der Waals surface area contributed by atoms with E-state index in [2.05, 4.69) is 10.1 Å². The minimum absolute atomic E-state index is 0.0353. The van der Waals surface area contributed by atoms with Crippen molar-refractivity contribution in [2.24, 2.45) is 0 Å². The molecule has 0 aliphatic carbocycles. The second-order valence-electron chi connectivity index (χ2n) is 6.13. The molecule has 6 nitrogen and oxygen atoms in total. The lowest BCUT2D eigenvalue weighted by molar-refractivity contribution is 0.336. The molecule has 9 heteroatoms. The minimum Gasteiger partial charge on any atom is -0.338 e. The highest BCUT2D eigenvalue weighted by Crippen LogP contribution is 2.24. The second-order valence-corrected chi connectivity index (χ2v) is 9.05. The third-order valence-electron chi connectivity index (χ3n) is 3.96. The fourth-order valence-corrected chi connectivity index (χ4v) is 4.10. The number of aromatic nitrogens is 2. The Kier molecular flexibility index (Phi) is 5.86. The summed E-state index contributed by atoms with van der Waals surface area (Å²) in [5.41, 5.74) is 2.39. The second kappa shape index (κ2) is 7.98. The monoisotopic (exact) mass is 425 g/mol. The zero-order chi connectivity index (χ0) is 19.6. The largest absolute Gasteiger partial charge is 0.338 e. The predicted molar refractivity (Wildman–Crippen MR) is 105 cm³/mol. The summed E-state index contributed by atoms with van der Waals surface area (Å²) < 4.78 is 31.6. The summed E-state index contributed by atoms with van der Waals surface area (Å²) in [5.74, 6) is 0.369. The highest BCUT2D eigenvalue weighted by atomic mass is 35.5. The first-order chi connectivity index (χ1) is 12.7. The summed E-state index contributed by atoms with van der Waals surface area (Å²) in [6.07, 6.45) is 0. The van der Waals surface area contributed by atoms with Crippen LogP contribution in [-0.2, 0) is 22.3 Å². The average Bonchev–Trinajstić information content (AvgIpc) is 3.06. The quantitative estimate of drug-likeness (QED) is 0.587. The topological polar surface area (TPSA) is 76.3 Å². The van der Waals surface area contributed by atoms with Gasteiger partial charge in [-0.15, -0.1) is 0 Å². The van der Waals surface area contributed by atoms with Crippen LogP contribution in [0.25, 0.3) is 11.4 Å². The van der Waals surface area contributed by atoms with E-state index >= 15 is 0 Å². The van der Waals surface area contributed by atoms with Crippen molar-refractivity contribution in [1.82, 2.24) is 14.4 Å². The van der Waals surface area contributed by atoms with Crippen molar-refractivity contribution in [3.05, 3.63) is 69.5 Å². The van der Waals surface area contributed by atoms with Crippen molar-refractivity contribution >= 4 is 33.2 Å². The van der Waals surface area contributed by atoms with E-state index in [9.17, 15) is 8.42 Å². The van der Waals surface area contributed by atoms with E-state index in [1.165, 1.54) is 13.1 Å². The third kappa shape index (κ3) is 4.87. The molecule has 0 unspecified atom stereocenters. The van der Waals surface area contributed by atoms with E-state index in [1.807, 2.05) is 31.2 Å². The number of halogens is 2. The van der Waals surface area contributed by atoms with Crippen molar-refractivity contribution in [2.45, 2.75) is 19.2 Å². The lowest BCUT2D eigenvalue weighted by atomic mass is 10.1. The molecule has 0 spiro atoms. The molecule has 3 aromatic rings. The third-order valence-corrected chi connectivity index (χ3v) is 6.31. The van der Waals surface area contributed by atoms with Gasteiger partial charge in [0.25, 0.3) is 0 Å². The van der Waals surface area contributed by atoms with Gasteiger partial charge in [-0.3, -0.25) is 0 Å². The maximum absolute atomic E-state index is 12.6. The number of rotatable bonds is 6. The Morgan fingerprint density at radius 1 is 1.11 bits per heavy atom. The van der Waals surface area contributed by atoms with Gasteiger partial charge in [-0.05, 0) is 24.6 Å². The smallest absolute Gasteiger partial charge is 0.242 e. The Hall–Kier alpha value is -1.93. The van der Waals surface area contributed by atoms with Gasteiger partial charge >= 0.3 is 0 Å². The van der Waals surface area contributed by atoms with Crippen molar-refractivity contribution in [3.8, 4) is 11.4 Å². The molecule has 1 heterocycles. The highest BCUT2D eigenvalue weighted by molar-refractivity contribution is 7.88. The standard InChI is InChI=1S/C18H17Cl2N3O3S/c1-12-3-5-13(6-4-12)18-21-17(26-22-18)10-23(2)27(24,25)11-14-7-8-15(19)9-16(14)20/h3-9H,10-11H2,1-2H3. The lowest BCUT2D eigenvalue weighted by Gasteiger charge is -2.15. The van der Waals surface area contributed by atoms with Crippen molar-refractivity contribution in [1.29, 1.82) is 0 Å². The first-order valence-electron chi connectivity index (χ1n) is 8.02. The zero-order valence-electron chi connectivity index (χ0n) is 14.7. The molecule has 142 valence electrons. The number of sulfonamides is 1. The first kappa shape index (κ1) is 19.8. The van der Waals surface area contributed by atoms with Gasteiger partial charge in [0.05, 0.1) is 12.3 Å². The molecular formula is C18H17Cl2N3O3S. The van der Waals surface area contributed by atoms with Gasteiger partial charge in [-0.2, -0.15) is 9.29 Å². The normalized spacial score (nSPS) is 11.9. The number of hydrogen-bond donors (Lipinski definition) is 0. The number of aryl methyl sites for hydroxylation is 1. The molecule has 0 radical (unpaired) electrons. The predicted octanol–water partition coefficient (Wildman–Crippen LogP) is 4.31. The summed E-state index contributed by atoms with van der Waals surface area (Å²) in [6, 6.07) is 12.4. The van der Waals surface area contributed by atoms with E-state index < -0.39 is 10.0 Å². The molecule has 1 aromatic heterocycles. The Morgan fingerprint density at radius 2 is 1.81 bits per heavy atom. The molecule has 2 aromatic carbocycles. The Balaban J connectivity index is 1.72. The highest BCUT2D eigenvalue weighted by Gasteiger charge is 2.22. The lowest BCUT2D eigenvalue weighted by Crippen LogP contribution is -2.28. The van der Waals surface area contributed by atoms with Crippen LogP contribution in [0.1, 0.15) is 17.0 Å². The molecule has 0 N–H and O–H groups in total. The van der Waals surface area contributed by atoms with E-state index in [0.717, 1.165) is 15.4 Å². The molecule has 27 heavy (non-hydrogen) atoms. The molecule has 3 rings (SSSR count). The molecule has 0 saturated heterocycles. The van der Waals surface area contributed by atoms with Crippen LogP contribution in [0, 0.1) is 6.92 Å². The van der Waals surface area contributed by atoms with Gasteiger partial charge in [-0.25, -0.2) is 8.42 Å². The van der Waals surface area contributed by atoms with Crippen LogP contribution in [0.2, 0.25) is 10.0 Å². The minimum atomic E-state index is -3.63. The fourth-order valence-electron chi connectivity index (χ4n) is 2.37. The Labute approximate surface area is 167 Å². The first-order valence-corrected chi connectivity index (χ1v) is 10.4. The van der Waals surface area contributed by atoms with Crippen LogP contribution >= 0.6 is 23.2 Å². The van der Waals surface area contributed by atoms with Crippen molar-refractivity contribution in [3.63, 3.8) is 0 Å². The van der Waals surface area contributed by atoms with E-state index in [1.54, 1.807) is 12.1 Å². The van der Waals surface area contributed by atoms with Gasteiger partial charge in [0.1, 0.15) is 0 Å². The van der Waals surface area contributed by atoms with E-state index in [4.69, 9.17) is 27.7 Å². The van der Waals surface area contributed by atoms with Crippen molar-refractivity contribution in [2.75, 3.05) is 7.05 Å². The zero-order valence-corrected chi connectivity index (χ0v) is 17.0. The number of benzene rings is 2. The van der Waals surface area contributed by atoms with Gasteiger partial charge in [0.2, 0.25) is 21.7 Å². The molecule has 0 saturated carbocycles. The van der Waals surface area contributed by atoms with Gasteiger partial charge in [0, 0.05) is 22.7 Å². The number of nitrogens with zero attached hydrogens (tertiary/aromatic N) is 3. The van der Waals surface area contributed by atoms with Crippen LogP contribution < -0.4 is 0 Å². The molecule has 0 aliphatic rings.